The summed E-state index contributed by atoms with van der Waals surface area (Å²) in [5.74, 6) is 2.92. The van der Waals surface area contributed by atoms with E-state index in [0.717, 1.165) is 36.4 Å². The molecule has 5 heteroatoms. The average molecular weight is 411 g/mol. The minimum Gasteiger partial charge on any atom is -0.385 e. The second-order valence-corrected chi connectivity index (χ2v) is 10.0. The summed E-state index contributed by atoms with van der Waals surface area (Å²) in [6, 6.07) is 6.62. The number of aryl methyl sites for hydroxylation is 2. The highest BCUT2D eigenvalue weighted by Crippen LogP contribution is 2.28. The summed E-state index contributed by atoms with van der Waals surface area (Å²) in [4.78, 5) is 4.50. The number of rotatable bonds is 8. The van der Waals surface area contributed by atoms with Crippen LogP contribution in [0.3, 0.4) is 0 Å². The van der Waals surface area contributed by atoms with Gasteiger partial charge in [0.25, 0.3) is 0 Å². The quantitative estimate of drug-likeness (QED) is 0.631. The number of benzene rings is 1. The Balaban J connectivity index is 1.35. The SMILES string of the molecule is C=C(NC[C@H]1CC[C@H](CNCc2noc(C(C)(C)C)n2)CC1)c1cc(C)cc(C)c1. The summed E-state index contributed by atoms with van der Waals surface area (Å²) in [5, 5.41) is 11.2. The van der Waals surface area contributed by atoms with Crippen LogP contribution in [0.15, 0.2) is 29.3 Å². The number of nitrogens with zero attached hydrogens (tertiary/aromatic N) is 2. The highest BCUT2D eigenvalue weighted by atomic mass is 16.5. The van der Waals surface area contributed by atoms with Gasteiger partial charge in [0.2, 0.25) is 5.89 Å². The summed E-state index contributed by atoms with van der Waals surface area (Å²) in [6.45, 7) is 17.5. The molecule has 3 rings (SSSR count). The van der Waals surface area contributed by atoms with Gasteiger partial charge in [0.05, 0.1) is 6.54 Å². The molecule has 0 aliphatic heterocycles. The second-order valence-electron chi connectivity index (χ2n) is 10.0. The van der Waals surface area contributed by atoms with Gasteiger partial charge >= 0.3 is 0 Å². The van der Waals surface area contributed by atoms with Gasteiger partial charge in [-0.05, 0) is 75.6 Å². The third kappa shape index (κ3) is 6.43. The van der Waals surface area contributed by atoms with E-state index in [1.54, 1.807) is 0 Å². The fourth-order valence-electron chi connectivity index (χ4n) is 4.18. The van der Waals surface area contributed by atoms with E-state index in [2.05, 4.69) is 80.2 Å². The molecule has 0 amide bonds. The van der Waals surface area contributed by atoms with Crippen molar-refractivity contribution >= 4 is 5.70 Å². The molecule has 2 aromatic rings. The molecule has 1 aliphatic carbocycles. The molecule has 164 valence electrons. The molecule has 1 fully saturated rings. The van der Waals surface area contributed by atoms with Crippen LogP contribution < -0.4 is 10.6 Å². The van der Waals surface area contributed by atoms with Crippen LogP contribution in [0.1, 0.15) is 74.9 Å². The number of nitrogens with one attached hydrogen (secondary N) is 2. The van der Waals surface area contributed by atoms with Crippen molar-refractivity contribution in [2.45, 2.75) is 72.3 Å². The molecule has 0 radical (unpaired) electrons. The molecule has 0 spiro atoms. The van der Waals surface area contributed by atoms with Gasteiger partial charge in [0.15, 0.2) is 5.82 Å². The van der Waals surface area contributed by atoms with E-state index in [-0.39, 0.29) is 5.41 Å². The van der Waals surface area contributed by atoms with Crippen LogP contribution in [0, 0.1) is 25.7 Å². The monoisotopic (exact) mass is 410 g/mol. The summed E-state index contributed by atoms with van der Waals surface area (Å²) >= 11 is 0. The Morgan fingerprint density at radius 2 is 1.63 bits per heavy atom. The first-order valence-electron chi connectivity index (χ1n) is 11.3. The summed E-state index contributed by atoms with van der Waals surface area (Å²) in [5.41, 5.74) is 4.73. The molecule has 1 saturated carbocycles. The van der Waals surface area contributed by atoms with Crippen molar-refractivity contribution in [2.24, 2.45) is 11.8 Å². The molecule has 30 heavy (non-hydrogen) atoms. The predicted octanol–water partition coefficient (Wildman–Crippen LogP) is 5.14. The first-order valence-corrected chi connectivity index (χ1v) is 11.3. The van der Waals surface area contributed by atoms with Crippen molar-refractivity contribution in [1.82, 2.24) is 20.8 Å². The largest absolute Gasteiger partial charge is 0.385 e. The lowest BCUT2D eigenvalue weighted by molar-refractivity contribution is 0.266. The summed E-state index contributed by atoms with van der Waals surface area (Å²) in [6.07, 6.45) is 5.09. The van der Waals surface area contributed by atoms with Crippen molar-refractivity contribution in [3.63, 3.8) is 0 Å². The van der Waals surface area contributed by atoms with E-state index >= 15 is 0 Å². The maximum atomic E-state index is 5.36. The van der Waals surface area contributed by atoms with E-state index < -0.39 is 0 Å². The molecule has 2 N–H and O–H groups in total. The second kappa shape index (κ2) is 9.78. The fourth-order valence-corrected chi connectivity index (χ4v) is 4.18. The van der Waals surface area contributed by atoms with E-state index in [9.17, 15) is 0 Å². The Labute approximate surface area is 181 Å². The average Bonchev–Trinajstić information content (AvgIpc) is 3.16. The number of aromatic nitrogens is 2. The van der Waals surface area contributed by atoms with Gasteiger partial charge in [-0.1, -0.05) is 49.7 Å². The molecule has 0 unspecified atom stereocenters. The zero-order valence-corrected chi connectivity index (χ0v) is 19.3. The third-order valence-electron chi connectivity index (χ3n) is 5.97. The lowest BCUT2D eigenvalue weighted by Crippen LogP contribution is -2.30. The van der Waals surface area contributed by atoms with Gasteiger partial charge in [-0.2, -0.15) is 4.98 Å². The fraction of sp³-hybridized carbons (Fsp3) is 0.600. The molecule has 1 aromatic carbocycles. The molecular weight excluding hydrogens is 372 g/mol. The van der Waals surface area contributed by atoms with Crippen molar-refractivity contribution in [2.75, 3.05) is 13.1 Å². The van der Waals surface area contributed by atoms with Crippen LogP contribution in [0.2, 0.25) is 0 Å². The van der Waals surface area contributed by atoms with Gasteiger partial charge in [-0.3, -0.25) is 0 Å². The minimum absolute atomic E-state index is 0.0961. The Hall–Kier alpha value is -2.14. The van der Waals surface area contributed by atoms with Crippen LogP contribution in [0.4, 0.5) is 0 Å². The zero-order valence-electron chi connectivity index (χ0n) is 19.3. The molecular formula is C25H38N4O. The molecule has 0 bridgehead atoms. The summed E-state index contributed by atoms with van der Waals surface area (Å²) in [7, 11) is 0. The molecule has 1 aliphatic rings. The summed E-state index contributed by atoms with van der Waals surface area (Å²) < 4.78 is 5.36. The van der Waals surface area contributed by atoms with Crippen molar-refractivity contribution < 1.29 is 4.52 Å². The Morgan fingerprint density at radius 1 is 1.03 bits per heavy atom. The Kier molecular flexibility index (Phi) is 7.35. The van der Waals surface area contributed by atoms with E-state index in [0.29, 0.717) is 12.4 Å². The number of hydrogen-bond donors (Lipinski definition) is 2. The molecule has 1 heterocycles. The Bertz CT molecular complexity index is 821. The topological polar surface area (TPSA) is 63.0 Å². The first-order chi connectivity index (χ1) is 14.2. The maximum Gasteiger partial charge on any atom is 0.232 e. The molecule has 0 saturated heterocycles. The Morgan fingerprint density at radius 3 is 2.20 bits per heavy atom. The van der Waals surface area contributed by atoms with Crippen molar-refractivity contribution in [3.05, 3.63) is 53.2 Å². The van der Waals surface area contributed by atoms with E-state index in [1.165, 1.54) is 42.4 Å². The highest BCUT2D eigenvalue weighted by Gasteiger charge is 2.23. The van der Waals surface area contributed by atoms with E-state index in [1.807, 2.05) is 0 Å². The van der Waals surface area contributed by atoms with Crippen LogP contribution in [0.25, 0.3) is 5.70 Å². The molecule has 0 atom stereocenters. The van der Waals surface area contributed by atoms with Crippen molar-refractivity contribution in [1.29, 1.82) is 0 Å². The standard InChI is InChI=1S/C25H38N4O/c1-17-11-18(2)13-22(12-17)19(3)27-15-21-9-7-20(8-10-21)14-26-16-23-28-24(30-29-23)25(4,5)6/h11-13,20-21,26-27H,3,7-10,14-16H2,1-2,4-6H3/t20-,21-. The molecule has 5 nitrogen and oxygen atoms in total. The zero-order chi connectivity index (χ0) is 21.7. The number of hydrogen-bond acceptors (Lipinski definition) is 5. The van der Waals surface area contributed by atoms with Gasteiger partial charge in [-0.15, -0.1) is 0 Å². The smallest absolute Gasteiger partial charge is 0.232 e. The lowest BCUT2D eigenvalue weighted by Gasteiger charge is -2.29. The van der Waals surface area contributed by atoms with Crippen molar-refractivity contribution in [3.8, 4) is 0 Å². The van der Waals surface area contributed by atoms with Gasteiger partial charge < -0.3 is 15.2 Å². The first kappa shape index (κ1) is 22.5. The van der Waals surface area contributed by atoms with E-state index in [4.69, 9.17) is 4.52 Å². The lowest BCUT2D eigenvalue weighted by atomic mass is 9.82. The van der Waals surface area contributed by atoms with Gasteiger partial charge in [-0.25, -0.2) is 0 Å². The van der Waals surface area contributed by atoms with Gasteiger partial charge in [0.1, 0.15) is 0 Å². The molecule has 1 aromatic heterocycles. The third-order valence-corrected chi connectivity index (χ3v) is 5.97. The normalized spacial score (nSPS) is 19.6. The van der Waals surface area contributed by atoms with Crippen LogP contribution in [-0.4, -0.2) is 23.2 Å². The predicted molar refractivity (Wildman–Crippen MR) is 123 cm³/mol. The maximum absolute atomic E-state index is 5.36. The minimum atomic E-state index is -0.0961. The van der Waals surface area contributed by atoms with Crippen LogP contribution in [0.5, 0.6) is 0 Å². The van der Waals surface area contributed by atoms with Gasteiger partial charge in [0, 0.05) is 17.7 Å². The van der Waals surface area contributed by atoms with Crippen LogP contribution >= 0.6 is 0 Å². The van der Waals surface area contributed by atoms with Crippen LogP contribution in [-0.2, 0) is 12.0 Å². The highest BCUT2D eigenvalue weighted by molar-refractivity contribution is 5.63.